The van der Waals surface area contributed by atoms with Crippen LogP contribution >= 0.6 is 0 Å². The van der Waals surface area contributed by atoms with Gasteiger partial charge in [-0.05, 0) is 85.5 Å². The fraction of sp³-hybridized carbons (Fsp3) is 0.172. The lowest BCUT2D eigenvalue weighted by molar-refractivity contribution is -0.138. The van der Waals surface area contributed by atoms with E-state index in [0.29, 0.717) is 23.7 Å². The van der Waals surface area contributed by atoms with Crippen LogP contribution in [0.5, 0.6) is 34.6 Å². The first-order chi connectivity index (χ1) is 18.1. The van der Waals surface area contributed by atoms with Crippen molar-refractivity contribution in [2.24, 2.45) is 0 Å². The largest absolute Gasteiger partial charge is 0.481 e. The Labute approximate surface area is 217 Å². The molecule has 0 amide bonds. The molecule has 38 heavy (non-hydrogen) atoms. The molecular formula is C29H24F3NO5. The summed E-state index contributed by atoms with van der Waals surface area (Å²) in [5, 5.41) is 8.92. The summed E-state index contributed by atoms with van der Waals surface area (Å²) in [6.45, 7) is 3.71. The van der Waals surface area contributed by atoms with Gasteiger partial charge in [0, 0.05) is 24.8 Å². The van der Waals surface area contributed by atoms with E-state index in [-0.39, 0.29) is 23.8 Å². The molecule has 0 saturated heterocycles. The number of alkyl halides is 3. The summed E-state index contributed by atoms with van der Waals surface area (Å²) in [5.74, 6) is 0.517. The van der Waals surface area contributed by atoms with Gasteiger partial charge in [-0.1, -0.05) is 12.1 Å². The third-order valence-electron chi connectivity index (χ3n) is 5.53. The maximum atomic E-state index is 13.4. The topological polar surface area (TPSA) is 77.9 Å². The number of pyridine rings is 1. The van der Waals surface area contributed by atoms with Crippen LogP contribution in [0.2, 0.25) is 0 Å². The van der Waals surface area contributed by atoms with Gasteiger partial charge in [0.25, 0.3) is 0 Å². The summed E-state index contributed by atoms with van der Waals surface area (Å²) in [6.07, 6.45) is -2.64. The van der Waals surface area contributed by atoms with Crippen LogP contribution in [0.15, 0.2) is 79.0 Å². The van der Waals surface area contributed by atoms with Crippen molar-refractivity contribution in [2.45, 2.75) is 32.9 Å². The highest BCUT2D eigenvalue weighted by molar-refractivity contribution is 5.67. The Kier molecular flexibility index (Phi) is 7.85. The maximum absolute atomic E-state index is 13.4. The van der Waals surface area contributed by atoms with E-state index in [1.807, 2.05) is 26.0 Å². The monoisotopic (exact) mass is 523 g/mol. The minimum atomic E-state index is -4.56. The van der Waals surface area contributed by atoms with Crippen LogP contribution in [-0.4, -0.2) is 16.1 Å². The summed E-state index contributed by atoms with van der Waals surface area (Å²) in [7, 11) is 0. The van der Waals surface area contributed by atoms with Gasteiger partial charge in [0.1, 0.15) is 17.2 Å². The highest BCUT2D eigenvalue weighted by Crippen LogP contribution is 2.40. The number of aryl methyl sites for hydroxylation is 3. The molecule has 9 heteroatoms. The molecule has 0 aliphatic heterocycles. The Morgan fingerprint density at radius 2 is 1.61 bits per heavy atom. The number of carboxylic acid groups (broad SMARTS) is 1. The number of ether oxygens (including phenoxy) is 3. The fourth-order valence-electron chi connectivity index (χ4n) is 3.72. The summed E-state index contributed by atoms with van der Waals surface area (Å²) in [5.41, 5.74) is 1.72. The number of rotatable bonds is 9. The molecule has 0 bridgehead atoms. The van der Waals surface area contributed by atoms with Gasteiger partial charge in [-0.2, -0.15) is 13.2 Å². The van der Waals surface area contributed by atoms with Crippen molar-refractivity contribution in [2.75, 3.05) is 0 Å². The van der Waals surface area contributed by atoms with E-state index in [9.17, 15) is 18.0 Å². The zero-order valence-corrected chi connectivity index (χ0v) is 20.6. The lowest BCUT2D eigenvalue weighted by atomic mass is 10.0. The number of aromatic nitrogens is 1. The maximum Gasteiger partial charge on any atom is 0.416 e. The molecule has 0 aliphatic carbocycles. The van der Waals surface area contributed by atoms with E-state index in [1.54, 1.807) is 36.4 Å². The number of carboxylic acids is 1. The predicted octanol–water partition coefficient (Wildman–Crippen LogP) is 8.11. The van der Waals surface area contributed by atoms with Gasteiger partial charge in [0.05, 0.1) is 5.56 Å². The zero-order valence-electron chi connectivity index (χ0n) is 20.6. The minimum Gasteiger partial charge on any atom is -0.481 e. The van der Waals surface area contributed by atoms with Crippen molar-refractivity contribution in [3.05, 3.63) is 101 Å². The lowest BCUT2D eigenvalue weighted by Crippen LogP contribution is -2.05. The van der Waals surface area contributed by atoms with E-state index < -0.39 is 17.7 Å². The lowest BCUT2D eigenvalue weighted by Gasteiger charge is -2.16. The van der Waals surface area contributed by atoms with Gasteiger partial charge in [-0.15, -0.1) is 0 Å². The molecule has 3 aromatic carbocycles. The van der Waals surface area contributed by atoms with E-state index in [0.717, 1.165) is 28.8 Å². The zero-order chi connectivity index (χ0) is 27.3. The summed E-state index contributed by atoms with van der Waals surface area (Å²) in [6, 6.07) is 18.3. The summed E-state index contributed by atoms with van der Waals surface area (Å²) in [4.78, 5) is 14.9. The summed E-state index contributed by atoms with van der Waals surface area (Å²) >= 11 is 0. The van der Waals surface area contributed by atoms with E-state index in [1.165, 1.54) is 18.3 Å². The van der Waals surface area contributed by atoms with Crippen molar-refractivity contribution < 1.29 is 37.3 Å². The highest BCUT2D eigenvalue weighted by Gasteiger charge is 2.32. The Hall–Kier alpha value is -4.53. The molecule has 0 unspecified atom stereocenters. The number of carbonyl (C=O) groups is 1. The predicted molar refractivity (Wildman–Crippen MR) is 134 cm³/mol. The molecule has 1 aromatic heterocycles. The summed E-state index contributed by atoms with van der Waals surface area (Å²) < 4.78 is 57.6. The molecule has 0 spiro atoms. The van der Waals surface area contributed by atoms with Crippen molar-refractivity contribution in [1.29, 1.82) is 0 Å². The van der Waals surface area contributed by atoms with Gasteiger partial charge in [0.15, 0.2) is 11.5 Å². The quantitative estimate of drug-likeness (QED) is 0.239. The van der Waals surface area contributed by atoms with E-state index >= 15 is 0 Å². The van der Waals surface area contributed by atoms with Crippen LogP contribution < -0.4 is 14.2 Å². The molecule has 0 saturated carbocycles. The van der Waals surface area contributed by atoms with Crippen molar-refractivity contribution in [3.63, 3.8) is 0 Å². The average molecular weight is 524 g/mol. The van der Waals surface area contributed by atoms with Gasteiger partial charge < -0.3 is 19.3 Å². The van der Waals surface area contributed by atoms with Crippen LogP contribution in [0.25, 0.3) is 0 Å². The van der Waals surface area contributed by atoms with Crippen LogP contribution in [0.3, 0.4) is 0 Å². The van der Waals surface area contributed by atoms with E-state index in [4.69, 9.17) is 19.3 Å². The number of hydrogen-bond donors (Lipinski definition) is 1. The van der Waals surface area contributed by atoms with Crippen LogP contribution in [0.4, 0.5) is 13.2 Å². The Morgan fingerprint density at radius 3 is 2.26 bits per heavy atom. The highest BCUT2D eigenvalue weighted by atomic mass is 19.4. The normalized spacial score (nSPS) is 11.2. The minimum absolute atomic E-state index is 0.0373. The number of benzene rings is 3. The van der Waals surface area contributed by atoms with Crippen LogP contribution in [0.1, 0.15) is 28.7 Å². The first kappa shape index (κ1) is 26.5. The van der Waals surface area contributed by atoms with Gasteiger partial charge in [-0.25, -0.2) is 4.98 Å². The van der Waals surface area contributed by atoms with Crippen LogP contribution in [0, 0.1) is 13.8 Å². The Balaban J connectivity index is 1.59. The first-order valence-electron chi connectivity index (χ1n) is 11.7. The number of hydrogen-bond acceptors (Lipinski definition) is 5. The fourth-order valence-corrected chi connectivity index (χ4v) is 3.72. The van der Waals surface area contributed by atoms with E-state index in [2.05, 4.69) is 4.98 Å². The third-order valence-corrected chi connectivity index (χ3v) is 5.53. The smallest absolute Gasteiger partial charge is 0.416 e. The number of halogens is 3. The molecule has 4 aromatic rings. The Morgan fingerprint density at radius 1 is 0.842 bits per heavy atom. The first-order valence-corrected chi connectivity index (χ1v) is 11.7. The molecule has 0 radical (unpaired) electrons. The standard InChI is InChI=1S/C29H24F3NO5/c1-18-13-23(36-22-9-6-20(19(2)15-22)7-11-28(34)35)17-24(14-18)37-25-10-8-21(29(30,31)32)16-26(25)38-27-5-3-4-12-33-27/h3-6,8-10,12-17H,7,11H2,1-2H3,(H,34,35). The molecule has 0 atom stereocenters. The third kappa shape index (κ3) is 7.03. The van der Waals surface area contributed by atoms with Crippen molar-refractivity contribution >= 4 is 5.97 Å². The van der Waals surface area contributed by atoms with Gasteiger partial charge >= 0.3 is 12.1 Å². The molecule has 196 valence electrons. The van der Waals surface area contributed by atoms with Crippen molar-refractivity contribution in [3.8, 4) is 34.6 Å². The molecule has 0 aliphatic rings. The second-order valence-electron chi connectivity index (χ2n) is 8.60. The second kappa shape index (κ2) is 11.2. The van der Waals surface area contributed by atoms with Gasteiger partial charge in [0.2, 0.25) is 5.88 Å². The molecule has 4 rings (SSSR count). The molecule has 0 fully saturated rings. The number of nitrogens with zero attached hydrogens (tertiary/aromatic N) is 1. The molecule has 1 N–H and O–H groups in total. The molecule has 6 nitrogen and oxygen atoms in total. The average Bonchev–Trinajstić information content (AvgIpc) is 2.84. The van der Waals surface area contributed by atoms with Crippen LogP contribution in [-0.2, 0) is 17.4 Å². The SMILES string of the molecule is Cc1cc(Oc2ccc(CCC(=O)O)c(C)c2)cc(Oc2ccc(C(F)(F)F)cc2Oc2ccccn2)c1. The Bertz CT molecular complexity index is 1440. The number of aliphatic carboxylic acids is 1. The molecular weight excluding hydrogens is 499 g/mol. The second-order valence-corrected chi connectivity index (χ2v) is 8.60. The molecule has 1 heterocycles. The van der Waals surface area contributed by atoms with Crippen molar-refractivity contribution in [1.82, 2.24) is 4.98 Å². The van der Waals surface area contributed by atoms with Gasteiger partial charge in [-0.3, -0.25) is 4.79 Å².